The first kappa shape index (κ1) is 72.8. The van der Waals surface area contributed by atoms with E-state index in [-0.39, 0.29) is 37.5 Å². The average molecular weight is 1070 g/mol. The van der Waals surface area contributed by atoms with Crippen LogP contribution in [0.3, 0.4) is 0 Å². The molecule has 0 bridgehead atoms. The third-order valence-corrected chi connectivity index (χ3v) is 12.4. The molecule has 1 unspecified atom stereocenters. The lowest BCUT2D eigenvalue weighted by molar-refractivity contribution is -0.167. The monoisotopic (exact) mass is 1070 g/mol. The van der Waals surface area contributed by atoms with E-state index in [4.69, 9.17) is 14.2 Å². The highest BCUT2D eigenvalue weighted by molar-refractivity contribution is 5.71. The second kappa shape index (κ2) is 64.3. The van der Waals surface area contributed by atoms with Crippen LogP contribution in [0.25, 0.3) is 0 Å². The van der Waals surface area contributed by atoms with Crippen molar-refractivity contribution in [3.05, 3.63) is 170 Å². The highest BCUT2D eigenvalue weighted by Gasteiger charge is 2.19. The molecule has 6 heteroatoms. The van der Waals surface area contributed by atoms with Crippen LogP contribution in [0.4, 0.5) is 0 Å². The van der Waals surface area contributed by atoms with Gasteiger partial charge in [-0.2, -0.15) is 0 Å². The maximum absolute atomic E-state index is 12.8. The van der Waals surface area contributed by atoms with Crippen LogP contribution in [-0.4, -0.2) is 37.2 Å². The van der Waals surface area contributed by atoms with Gasteiger partial charge in [-0.05, 0) is 148 Å². The molecule has 0 spiro atoms. The number of rotatable bonds is 54. The molecule has 0 aliphatic rings. The standard InChI is InChI=1S/C72H112O6/c1-4-7-10-13-16-19-22-24-26-27-28-29-30-31-32-33-34-35-36-37-38-39-40-41-42-43-44-45-47-48-50-53-56-59-62-65-71(74)77-68-69(67-76-70(73)64-61-58-55-52-21-18-15-12-9-6-3)78-72(75)66-63-60-57-54-51-49-46-25-23-20-17-14-11-8-5-2/h7-8,10-12,15-17,19-20,24-26,28-29,31-32,34-35,37-38,40-41,43-44,46,51,54,69H,4-6,9,13-14,18,21-23,27,30,33,36,39,42,45,47-50,52-53,55-68H2,1-3H3/b10-7-,11-8-,15-12-,19-16-,20-17-,26-24-,29-28-,32-31-,35-34-,38-37-,41-40-,44-43-,46-25-,54-51-. The van der Waals surface area contributed by atoms with Gasteiger partial charge in [0.15, 0.2) is 6.10 Å². The van der Waals surface area contributed by atoms with Crippen LogP contribution in [0, 0.1) is 0 Å². The average Bonchev–Trinajstić information content (AvgIpc) is 3.44. The lowest BCUT2D eigenvalue weighted by Gasteiger charge is -2.18. The quantitative estimate of drug-likeness (QED) is 0.0261. The molecule has 0 aromatic heterocycles. The fraction of sp³-hybridized carbons (Fsp3) is 0.569. The molecule has 0 rings (SSSR count). The van der Waals surface area contributed by atoms with E-state index < -0.39 is 6.10 Å². The topological polar surface area (TPSA) is 78.9 Å². The number of ether oxygens (including phenoxy) is 3. The summed E-state index contributed by atoms with van der Waals surface area (Å²) < 4.78 is 16.8. The summed E-state index contributed by atoms with van der Waals surface area (Å²) in [6.45, 7) is 6.28. The number of carbonyl (C=O) groups excluding carboxylic acids is 3. The Bertz CT molecular complexity index is 1810. The summed E-state index contributed by atoms with van der Waals surface area (Å²) in [6, 6.07) is 0. The molecular formula is C72H112O6. The molecule has 0 N–H and O–H groups in total. The van der Waals surface area contributed by atoms with Crippen LogP contribution >= 0.6 is 0 Å². The second-order valence-corrected chi connectivity index (χ2v) is 19.8. The first-order chi connectivity index (χ1) is 38.5. The van der Waals surface area contributed by atoms with E-state index in [1.54, 1.807) is 0 Å². The predicted octanol–water partition coefficient (Wildman–Crippen LogP) is 21.5. The zero-order valence-electron chi connectivity index (χ0n) is 49.9. The van der Waals surface area contributed by atoms with Gasteiger partial charge in [0.25, 0.3) is 0 Å². The summed E-state index contributed by atoms with van der Waals surface area (Å²) in [6.07, 6.45) is 95.2. The highest BCUT2D eigenvalue weighted by atomic mass is 16.6. The van der Waals surface area contributed by atoms with E-state index in [9.17, 15) is 14.4 Å². The first-order valence-corrected chi connectivity index (χ1v) is 31.1. The van der Waals surface area contributed by atoms with Crippen molar-refractivity contribution in [2.24, 2.45) is 0 Å². The third-order valence-electron chi connectivity index (χ3n) is 12.4. The van der Waals surface area contributed by atoms with Gasteiger partial charge in [0.2, 0.25) is 0 Å². The molecule has 0 saturated carbocycles. The van der Waals surface area contributed by atoms with Crippen LogP contribution in [0.1, 0.15) is 245 Å². The van der Waals surface area contributed by atoms with Gasteiger partial charge >= 0.3 is 17.9 Å². The minimum absolute atomic E-state index is 0.109. The van der Waals surface area contributed by atoms with Crippen molar-refractivity contribution < 1.29 is 28.6 Å². The van der Waals surface area contributed by atoms with Crippen molar-refractivity contribution in [3.8, 4) is 0 Å². The van der Waals surface area contributed by atoms with E-state index >= 15 is 0 Å². The Kier molecular flexibility index (Phi) is 60.0. The molecule has 0 aliphatic heterocycles. The van der Waals surface area contributed by atoms with Crippen LogP contribution in [0.2, 0.25) is 0 Å². The number of hydrogen-bond donors (Lipinski definition) is 0. The Labute approximate surface area is 479 Å². The lowest BCUT2D eigenvalue weighted by atomic mass is 10.1. The fourth-order valence-electron chi connectivity index (χ4n) is 7.84. The Balaban J connectivity index is 4.27. The van der Waals surface area contributed by atoms with Gasteiger partial charge in [0, 0.05) is 19.3 Å². The molecule has 0 aromatic carbocycles. The smallest absolute Gasteiger partial charge is 0.306 e. The van der Waals surface area contributed by atoms with E-state index in [0.717, 1.165) is 161 Å². The van der Waals surface area contributed by atoms with Crippen LogP contribution < -0.4 is 0 Å². The summed E-state index contributed by atoms with van der Waals surface area (Å²) in [7, 11) is 0. The molecule has 0 amide bonds. The molecule has 0 saturated heterocycles. The molecule has 436 valence electrons. The van der Waals surface area contributed by atoms with E-state index in [2.05, 4.69) is 191 Å². The zero-order chi connectivity index (χ0) is 56.4. The number of unbranched alkanes of at least 4 members (excludes halogenated alkanes) is 15. The zero-order valence-corrected chi connectivity index (χ0v) is 49.9. The molecule has 0 aliphatic carbocycles. The number of allylic oxidation sites excluding steroid dienone is 28. The van der Waals surface area contributed by atoms with E-state index in [0.29, 0.717) is 19.3 Å². The maximum Gasteiger partial charge on any atom is 0.306 e. The minimum Gasteiger partial charge on any atom is -0.462 e. The molecule has 1 atom stereocenters. The Morgan fingerprint density at radius 3 is 0.821 bits per heavy atom. The van der Waals surface area contributed by atoms with Crippen LogP contribution in [0.15, 0.2) is 170 Å². The number of hydrogen-bond acceptors (Lipinski definition) is 6. The van der Waals surface area contributed by atoms with Crippen molar-refractivity contribution in [3.63, 3.8) is 0 Å². The van der Waals surface area contributed by atoms with Crippen molar-refractivity contribution >= 4 is 17.9 Å². The number of carbonyl (C=O) groups is 3. The fourth-order valence-corrected chi connectivity index (χ4v) is 7.84. The molecule has 78 heavy (non-hydrogen) atoms. The molecule has 0 heterocycles. The normalized spacial score (nSPS) is 13.3. The largest absolute Gasteiger partial charge is 0.462 e. The number of esters is 3. The van der Waals surface area contributed by atoms with Gasteiger partial charge < -0.3 is 14.2 Å². The Morgan fingerprint density at radius 1 is 0.269 bits per heavy atom. The van der Waals surface area contributed by atoms with Gasteiger partial charge in [-0.3, -0.25) is 14.4 Å². The van der Waals surface area contributed by atoms with Gasteiger partial charge in [-0.25, -0.2) is 0 Å². The maximum atomic E-state index is 12.8. The minimum atomic E-state index is -0.815. The lowest BCUT2D eigenvalue weighted by Crippen LogP contribution is -2.30. The van der Waals surface area contributed by atoms with Crippen LogP contribution in [-0.2, 0) is 28.6 Å². The van der Waals surface area contributed by atoms with Crippen molar-refractivity contribution in [1.29, 1.82) is 0 Å². The predicted molar refractivity (Wildman–Crippen MR) is 338 cm³/mol. The van der Waals surface area contributed by atoms with Gasteiger partial charge in [-0.15, -0.1) is 0 Å². The first-order valence-electron chi connectivity index (χ1n) is 31.1. The van der Waals surface area contributed by atoms with Crippen molar-refractivity contribution in [1.82, 2.24) is 0 Å². The second-order valence-electron chi connectivity index (χ2n) is 19.8. The molecule has 0 fully saturated rings. The third kappa shape index (κ3) is 61.6. The summed E-state index contributed by atoms with van der Waals surface area (Å²) in [4.78, 5) is 38.1. The molecule has 0 radical (unpaired) electrons. The van der Waals surface area contributed by atoms with Gasteiger partial charge in [-0.1, -0.05) is 249 Å². The molecule has 6 nitrogen and oxygen atoms in total. The highest BCUT2D eigenvalue weighted by Crippen LogP contribution is 2.13. The summed E-state index contributed by atoms with van der Waals surface area (Å²) >= 11 is 0. The summed E-state index contributed by atoms with van der Waals surface area (Å²) in [5, 5.41) is 0. The Morgan fingerprint density at radius 2 is 0.500 bits per heavy atom. The van der Waals surface area contributed by atoms with E-state index in [1.807, 2.05) is 0 Å². The van der Waals surface area contributed by atoms with E-state index in [1.165, 1.54) is 38.5 Å². The molecule has 0 aromatic rings. The van der Waals surface area contributed by atoms with Gasteiger partial charge in [0.05, 0.1) is 0 Å². The Hall–Kier alpha value is -5.23. The summed E-state index contributed by atoms with van der Waals surface area (Å²) in [5.74, 6) is -0.982. The summed E-state index contributed by atoms with van der Waals surface area (Å²) in [5.41, 5.74) is 0. The van der Waals surface area contributed by atoms with Crippen molar-refractivity contribution in [2.75, 3.05) is 13.2 Å². The molecular weight excluding hydrogens is 961 g/mol. The van der Waals surface area contributed by atoms with Crippen molar-refractivity contribution in [2.45, 2.75) is 252 Å². The SMILES string of the molecule is CC/C=C\C/C=C\C/C=C\C/C=C\C/C=C\C/C=C\C/C=C\C/C=C\C/C=C\CCCCCCCCCC(=O)OCC(COC(=O)CCCCCCC/C=C\CCC)OC(=O)CCCC/C=C\C/C=C\C/C=C\C/C=C\CC. The van der Waals surface area contributed by atoms with Gasteiger partial charge in [0.1, 0.15) is 13.2 Å². The van der Waals surface area contributed by atoms with Crippen LogP contribution in [0.5, 0.6) is 0 Å².